The summed E-state index contributed by atoms with van der Waals surface area (Å²) in [5.41, 5.74) is 5.13. The van der Waals surface area contributed by atoms with Crippen LogP contribution in [0.4, 0.5) is 5.69 Å². The molecule has 2 N–H and O–H groups in total. The highest BCUT2D eigenvalue weighted by Crippen LogP contribution is 2.40. The highest BCUT2D eigenvalue weighted by Gasteiger charge is 2.59. The molecule has 1 amide bonds. The number of benzene rings is 1. The van der Waals surface area contributed by atoms with E-state index < -0.39 is 21.7 Å². The average molecular weight is 387 g/mol. The van der Waals surface area contributed by atoms with Crippen molar-refractivity contribution in [1.82, 2.24) is 8.87 Å². The van der Waals surface area contributed by atoms with Crippen LogP contribution < -0.4 is 15.6 Å². The molecule has 1 aromatic carbocycles. The highest BCUT2D eigenvalue weighted by molar-refractivity contribution is 7.90. The molecule has 1 aromatic heterocycles. The van der Waals surface area contributed by atoms with Gasteiger partial charge in [-0.25, -0.2) is 0 Å². The van der Waals surface area contributed by atoms with Crippen LogP contribution in [0.1, 0.15) is 12.8 Å². The van der Waals surface area contributed by atoms with E-state index >= 15 is 0 Å². The molecule has 4 rings (SSSR count). The quantitative estimate of drug-likeness (QED) is 0.824. The van der Waals surface area contributed by atoms with Crippen LogP contribution in [0.25, 0.3) is 5.69 Å². The number of carbonyl (C=O) groups is 1. The van der Waals surface area contributed by atoms with E-state index in [9.17, 15) is 18.0 Å². The molecule has 0 bridgehead atoms. The van der Waals surface area contributed by atoms with Gasteiger partial charge in [-0.3, -0.25) is 18.5 Å². The SMILES string of the molecule is NC(=O)[C@]12[CH]CCCN1S(=O)(=O)N(c1ccc(-n3ccccc3=O)cc1)C2. The lowest BCUT2D eigenvalue weighted by atomic mass is 9.88. The van der Waals surface area contributed by atoms with Gasteiger partial charge in [0.15, 0.2) is 0 Å². The monoisotopic (exact) mass is 387 g/mol. The van der Waals surface area contributed by atoms with Crippen LogP contribution in [-0.2, 0) is 15.0 Å². The molecule has 9 heteroatoms. The number of hydrogen-bond donors (Lipinski definition) is 1. The zero-order valence-electron chi connectivity index (χ0n) is 14.5. The lowest BCUT2D eigenvalue weighted by molar-refractivity contribution is -0.125. The van der Waals surface area contributed by atoms with Crippen molar-refractivity contribution in [3.05, 3.63) is 65.4 Å². The molecule has 0 saturated carbocycles. The number of amides is 1. The number of anilines is 1. The van der Waals surface area contributed by atoms with Crippen LogP contribution in [0.3, 0.4) is 0 Å². The summed E-state index contributed by atoms with van der Waals surface area (Å²) in [5, 5.41) is 0. The van der Waals surface area contributed by atoms with E-state index in [4.69, 9.17) is 5.73 Å². The second-order valence-electron chi connectivity index (χ2n) is 6.65. The Hall–Kier alpha value is -2.65. The minimum absolute atomic E-state index is 0.0463. The molecule has 0 spiro atoms. The first kappa shape index (κ1) is 17.7. The molecule has 1 atom stereocenters. The first-order valence-electron chi connectivity index (χ1n) is 8.59. The van der Waals surface area contributed by atoms with Gasteiger partial charge < -0.3 is 5.73 Å². The number of hydrogen-bond acceptors (Lipinski definition) is 4. The van der Waals surface area contributed by atoms with Gasteiger partial charge in [0.2, 0.25) is 5.91 Å². The topological polar surface area (TPSA) is 106 Å². The van der Waals surface area contributed by atoms with Gasteiger partial charge in [-0.05, 0) is 49.6 Å². The van der Waals surface area contributed by atoms with Crippen molar-refractivity contribution in [2.75, 3.05) is 17.4 Å². The molecule has 0 unspecified atom stereocenters. The minimum atomic E-state index is -3.86. The Morgan fingerprint density at radius 2 is 1.78 bits per heavy atom. The van der Waals surface area contributed by atoms with E-state index in [1.807, 2.05) is 0 Å². The van der Waals surface area contributed by atoms with Gasteiger partial charge in [0.25, 0.3) is 5.56 Å². The molecule has 8 nitrogen and oxygen atoms in total. The predicted octanol–water partition coefficient (Wildman–Crippen LogP) is 0.426. The summed E-state index contributed by atoms with van der Waals surface area (Å²) < 4.78 is 29.9. The molecule has 2 saturated heterocycles. The molecular weight excluding hydrogens is 368 g/mol. The van der Waals surface area contributed by atoms with Crippen LogP contribution >= 0.6 is 0 Å². The number of piperidine rings is 1. The van der Waals surface area contributed by atoms with Crippen molar-refractivity contribution in [2.24, 2.45) is 5.73 Å². The highest BCUT2D eigenvalue weighted by atomic mass is 32.2. The molecular formula is C18H19N4O4S. The zero-order chi connectivity index (χ0) is 19.2. The van der Waals surface area contributed by atoms with E-state index in [1.54, 1.807) is 49.0 Å². The van der Waals surface area contributed by atoms with Gasteiger partial charge >= 0.3 is 10.2 Å². The zero-order valence-corrected chi connectivity index (χ0v) is 15.3. The maximum Gasteiger partial charge on any atom is 0.305 e. The molecule has 2 aliphatic rings. The first-order valence-corrected chi connectivity index (χ1v) is 9.99. The number of nitrogens with zero attached hydrogens (tertiary/aromatic N) is 3. The number of nitrogens with two attached hydrogens (primary N) is 1. The van der Waals surface area contributed by atoms with Gasteiger partial charge in [-0.2, -0.15) is 12.7 Å². The van der Waals surface area contributed by atoms with Crippen LogP contribution in [0.5, 0.6) is 0 Å². The predicted molar refractivity (Wildman–Crippen MR) is 100 cm³/mol. The molecule has 2 aromatic rings. The molecule has 1 radical (unpaired) electrons. The number of aromatic nitrogens is 1. The Bertz CT molecular complexity index is 1050. The van der Waals surface area contributed by atoms with Gasteiger partial charge in [0, 0.05) is 24.5 Å². The lowest BCUT2D eigenvalue weighted by Gasteiger charge is -2.35. The summed E-state index contributed by atoms with van der Waals surface area (Å²) >= 11 is 0. The van der Waals surface area contributed by atoms with Crippen LogP contribution in [0.15, 0.2) is 53.5 Å². The first-order chi connectivity index (χ1) is 12.9. The van der Waals surface area contributed by atoms with Gasteiger partial charge in [0.1, 0.15) is 5.54 Å². The van der Waals surface area contributed by atoms with Crippen LogP contribution in [0, 0.1) is 6.42 Å². The maximum atomic E-state index is 13.0. The number of primary amides is 1. The van der Waals surface area contributed by atoms with E-state index in [0.29, 0.717) is 24.2 Å². The van der Waals surface area contributed by atoms with Crippen molar-refractivity contribution >= 4 is 21.8 Å². The summed E-state index contributed by atoms with van der Waals surface area (Å²) in [6, 6.07) is 11.4. The van der Waals surface area contributed by atoms with E-state index in [0.717, 1.165) is 0 Å². The van der Waals surface area contributed by atoms with Crippen molar-refractivity contribution in [3.8, 4) is 5.69 Å². The fraction of sp³-hybridized carbons (Fsp3) is 0.278. The van der Waals surface area contributed by atoms with E-state index in [2.05, 4.69) is 0 Å². The average Bonchev–Trinajstić information content (AvgIpc) is 2.91. The number of carbonyl (C=O) groups excluding carboxylic acids is 1. The second-order valence-corrected chi connectivity index (χ2v) is 8.42. The second kappa shape index (κ2) is 6.21. The van der Waals surface area contributed by atoms with Gasteiger partial charge in [0.05, 0.1) is 12.2 Å². The Labute approximate surface area is 157 Å². The Kier molecular flexibility index (Phi) is 4.08. The van der Waals surface area contributed by atoms with Gasteiger partial charge in [-0.1, -0.05) is 6.07 Å². The molecule has 141 valence electrons. The summed E-state index contributed by atoms with van der Waals surface area (Å²) in [4.78, 5) is 24.1. The minimum Gasteiger partial charge on any atom is -0.368 e. The third kappa shape index (κ3) is 2.65. The number of rotatable bonds is 3. The fourth-order valence-corrected chi connectivity index (χ4v) is 5.69. The summed E-state index contributed by atoms with van der Waals surface area (Å²) in [6.45, 7) is 0.213. The van der Waals surface area contributed by atoms with Gasteiger partial charge in [-0.15, -0.1) is 0 Å². The van der Waals surface area contributed by atoms with Crippen molar-refractivity contribution in [3.63, 3.8) is 0 Å². The van der Waals surface area contributed by atoms with Crippen molar-refractivity contribution in [1.29, 1.82) is 0 Å². The Morgan fingerprint density at radius 3 is 2.41 bits per heavy atom. The van der Waals surface area contributed by atoms with Crippen LogP contribution in [0.2, 0.25) is 0 Å². The standard InChI is InChI=1S/C18H19N4O4S/c19-17(24)18-10-2-4-12-22(18)27(25,26)21(13-18)15-8-6-14(7-9-15)20-11-3-1-5-16(20)23/h1,3,5-11H,2,4,12-13H2,(H2,19,24)/t18-/m1/s1. The molecule has 2 aliphatic heterocycles. The van der Waals surface area contributed by atoms with Crippen molar-refractivity contribution in [2.45, 2.75) is 18.4 Å². The van der Waals surface area contributed by atoms with Crippen molar-refractivity contribution < 1.29 is 13.2 Å². The molecule has 0 aliphatic carbocycles. The third-order valence-corrected chi connectivity index (χ3v) is 7.06. The summed E-state index contributed by atoms with van der Waals surface area (Å²) in [5.74, 6) is -0.666. The molecule has 3 heterocycles. The lowest BCUT2D eigenvalue weighted by Crippen LogP contribution is -2.59. The normalized spacial score (nSPS) is 24.5. The Morgan fingerprint density at radius 1 is 1.07 bits per heavy atom. The smallest absolute Gasteiger partial charge is 0.305 e. The molecule has 27 heavy (non-hydrogen) atoms. The largest absolute Gasteiger partial charge is 0.368 e. The summed E-state index contributed by atoms with van der Waals surface area (Å²) in [7, 11) is -3.86. The number of fused-ring (bicyclic) bond motifs is 1. The Balaban J connectivity index is 1.72. The van der Waals surface area contributed by atoms with E-state index in [-0.39, 0.29) is 18.6 Å². The fourth-order valence-electron chi connectivity index (χ4n) is 3.71. The summed E-state index contributed by atoms with van der Waals surface area (Å²) in [6.07, 6.45) is 4.63. The maximum absolute atomic E-state index is 13.0. The van der Waals surface area contributed by atoms with E-state index in [1.165, 1.54) is 19.2 Å². The third-order valence-electron chi connectivity index (χ3n) is 5.10. The van der Waals surface area contributed by atoms with Crippen LogP contribution in [-0.4, -0.2) is 41.8 Å². The number of pyridine rings is 1. The molecule has 2 fully saturated rings.